The number of ether oxygens (including phenoxy) is 1. The zero-order valence-corrected chi connectivity index (χ0v) is 17.4. The molecule has 10 heteroatoms. The van der Waals surface area contributed by atoms with Crippen molar-refractivity contribution in [2.45, 2.75) is 18.4 Å². The quantitative estimate of drug-likeness (QED) is 0.536. The summed E-state index contributed by atoms with van der Waals surface area (Å²) in [4.78, 5) is 12.4. The lowest BCUT2D eigenvalue weighted by Crippen LogP contribution is -2.37. The number of hydrogen-bond acceptors (Lipinski definition) is 5. The standard InChI is InChI=1S/C21H20F2N2O5S/c1-2-29-18-5-7-20(8-6-18)31(27,28)25(13-19-4-3-9-30-19)14-21(26)24-17-11-15(22)10-16(23)12-17/h3-12H,2,13-14H2,1H3,(H,24,26). The topological polar surface area (TPSA) is 88.9 Å². The van der Waals surface area contributed by atoms with Gasteiger partial charge in [-0.1, -0.05) is 0 Å². The summed E-state index contributed by atoms with van der Waals surface area (Å²) in [6.07, 6.45) is 1.38. The summed E-state index contributed by atoms with van der Waals surface area (Å²) in [5.41, 5.74) is -0.126. The number of nitrogens with zero attached hydrogens (tertiary/aromatic N) is 1. The molecule has 0 aliphatic heterocycles. The van der Waals surface area contributed by atoms with Gasteiger partial charge in [0.2, 0.25) is 15.9 Å². The average molecular weight is 450 g/mol. The number of halogens is 2. The third-order valence-corrected chi connectivity index (χ3v) is 5.96. The molecule has 0 spiro atoms. The predicted molar refractivity (Wildman–Crippen MR) is 109 cm³/mol. The number of rotatable bonds is 9. The summed E-state index contributed by atoms with van der Waals surface area (Å²) in [7, 11) is -4.10. The normalized spacial score (nSPS) is 11.5. The molecule has 0 unspecified atom stereocenters. The van der Waals surface area contributed by atoms with Crippen LogP contribution in [0, 0.1) is 11.6 Å². The molecule has 0 bridgehead atoms. The first kappa shape index (κ1) is 22.4. The highest BCUT2D eigenvalue weighted by molar-refractivity contribution is 7.89. The molecule has 31 heavy (non-hydrogen) atoms. The maximum Gasteiger partial charge on any atom is 0.243 e. The Morgan fingerprint density at radius 1 is 1.10 bits per heavy atom. The first-order valence-electron chi connectivity index (χ1n) is 9.29. The zero-order valence-electron chi connectivity index (χ0n) is 16.5. The fraction of sp³-hybridized carbons (Fsp3) is 0.190. The molecule has 1 amide bonds. The van der Waals surface area contributed by atoms with E-state index in [1.807, 2.05) is 0 Å². The van der Waals surface area contributed by atoms with E-state index in [2.05, 4.69) is 5.32 Å². The van der Waals surface area contributed by atoms with E-state index in [1.165, 1.54) is 30.5 Å². The van der Waals surface area contributed by atoms with Gasteiger partial charge in [0.25, 0.3) is 0 Å². The Morgan fingerprint density at radius 2 is 1.77 bits per heavy atom. The van der Waals surface area contributed by atoms with E-state index in [0.717, 1.165) is 16.4 Å². The van der Waals surface area contributed by atoms with Crippen LogP contribution in [-0.4, -0.2) is 31.8 Å². The molecular weight excluding hydrogens is 430 g/mol. The SMILES string of the molecule is CCOc1ccc(S(=O)(=O)N(CC(=O)Nc2cc(F)cc(F)c2)Cc2ccco2)cc1. The third kappa shape index (κ3) is 5.89. The zero-order chi connectivity index (χ0) is 22.4. The number of sulfonamides is 1. The van der Waals surface area contributed by atoms with Gasteiger partial charge in [-0.15, -0.1) is 0 Å². The van der Waals surface area contributed by atoms with Crippen LogP contribution in [0.25, 0.3) is 0 Å². The molecule has 0 saturated heterocycles. The highest BCUT2D eigenvalue weighted by Gasteiger charge is 2.28. The second-order valence-electron chi connectivity index (χ2n) is 6.46. The molecule has 0 radical (unpaired) electrons. The molecule has 2 aromatic carbocycles. The van der Waals surface area contributed by atoms with Crippen molar-refractivity contribution in [1.29, 1.82) is 0 Å². The summed E-state index contributed by atoms with van der Waals surface area (Å²) in [6.45, 7) is 1.41. The summed E-state index contributed by atoms with van der Waals surface area (Å²) in [5, 5.41) is 2.31. The van der Waals surface area contributed by atoms with E-state index in [-0.39, 0.29) is 17.1 Å². The molecule has 7 nitrogen and oxygen atoms in total. The Hall–Kier alpha value is -3.24. The molecule has 0 aliphatic rings. The van der Waals surface area contributed by atoms with Gasteiger partial charge in [-0.3, -0.25) is 4.79 Å². The molecular formula is C21H20F2N2O5S. The molecule has 0 fully saturated rings. The van der Waals surface area contributed by atoms with Crippen molar-refractivity contribution in [1.82, 2.24) is 4.31 Å². The summed E-state index contributed by atoms with van der Waals surface area (Å²) >= 11 is 0. The summed E-state index contributed by atoms with van der Waals surface area (Å²) < 4.78 is 64.5. The van der Waals surface area contributed by atoms with Crippen molar-refractivity contribution in [2.24, 2.45) is 0 Å². The Kier molecular flexibility index (Phi) is 7.03. The summed E-state index contributed by atoms with van der Waals surface area (Å²) in [6, 6.07) is 11.4. The van der Waals surface area contributed by atoms with E-state index < -0.39 is 34.1 Å². The lowest BCUT2D eigenvalue weighted by molar-refractivity contribution is -0.116. The van der Waals surface area contributed by atoms with Gasteiger partial charge in [0.15, 0.2) is 0 Å². The third-order valence-electron chi connectivity index (χ3n) is 4.15. The van der Waals surface area contributed by atoms with Crippen molar-refractivity contribution in [3.8, 4) is 5.75 Å². The van der Waals surface area contributed by atoms with E-state index >= 15 is 0 Å². The lowest BCUT2D eigenvalue weighted by atomic mass is 10.3. The smallest absolute Gasteiger partial charge is 0.243 e. The first-order chi connectivity index (χ1) is 14.8. The maximum atomic E-state index is 13.4. The average Bonchev–Trinajstić information content (AvgIpc) is 3.20. The maximum absolute atomic E-state index is 13.4. The number of nitrogens with one attached hydrogen (secondary N) is 1. The Morgan fingerprint density at radius 3 is 2.35 bits per heavy atom. The van der Waals surface area contributed by atoms with Crippen LogP contribution in [0.3, 0.4) is 0 Å². The molecule has 0 aliphatic carbocycles. The van der Waals surface area contributed by atoms with Gasteiger partial charge >= 0.3 is 0 Å². The van der Waals surface area contributed by atoms with Crippen LogP contribution in [0.1, 0.15) is 12.7 Å². The molecule has 1 aromatic heterocycles. The highest BCUT2D eigenvalue weighted by Crippen LogP contribution is 2.22. The van der Waals surface area contributed by atoms with Crippen molar-refractivity contribution >= 4 is 21.6 Å². The van der Waals surface area contributed by atoms with Gasteiger partial charge in [-0.05, 0) is 55.5 Å². The van der Waals surface area contributed by atoms with Crippen LogP contribution in [0.5, 0.6) is 5.75 Å². The van der Waals surface area contributed by atoms with E-state index in [4.69, 9.17) is 9.15 Å². The molecule has 164 valence electrons. The summed E-state index contributed by atoms with van der Waals surface area (Å²) in [5.74, 6) is -1.69. The van der Waals surface area contributed by atoms with Crippen molar-refractivity contribution in [2.75, 3.05) is 18.5 Å². The van der Waals surface area contributed by atoms with Crippen LogP contribution in [0.4, 0.5) is 14.5 Å². The van der Waals surface area contributed by atoms with Gasteiger partial charge in [0, 0.05) is 11.8 Å². The Bertz CT molecular complexity index is 1110. The largest absolute Gasteiger partial charge is 0.494 e. The van der Waals surface area contributed by atoms with Gasteiger partial charge in [0.05, 0.1) is 30.9 Å². The minimum Gasteiger partial charge on any atom is -0.494 e. The number of amides is 1. The van der Waals surface area contributed by atoms with Crippen LogP contribution < -0.4 is 10.1 Å². The number of hydrogen-bond donors (Lipinski definition) is 1. The van der Waals surface area contributed by atoms with Crippen molar-refractivity contribution in [3.63, 3.8) is 0 Å². The number of anilines is 1. The fourth-order valence-electron chi connectivity index (χ4n) is 2.81. The van der Waals surface area contributed by atoms with Gasteiger partial charge < -0.3 is 14.5 Å². The minimum atomic E-state index is -4.10. The molecule has 1 heterocycles. The Balaban J connectivity index is 1.83. The van der Waals surface area contributed by atoms with Crippen LogP contribution in [0.2, 0.25) is 0 Å². The molecule has 0 saturated carbocycles. The van der Waals surface area contributed by atoms with E-state index in [1.54, 1.807) is 19.1 Å². The van der Waals surface area contributed by atoms with Crippen molar-refractivity contribution in [3.05, 3.63) is 78.3 Å². The number of benzene rings is 2. The number of furan rings is 1. The van der Waals surface area contributed by atoms with Crippen LogP contribution in [-0.2, 0) is 21.4 Å². The Labute approximate surface area is 178 Å². The van der Waals surface area contributed by atoms with Gasteiger partial charge in [-0.25, -0.2) is 17.2 Å². The van der Waals surface area contributed by atoms with E-state index in [9.17, 15) is 22.0 Å². The van der Waals surface area contributed by atoms with Crippen LogP contribution in [0.15, 0.2) is 70.2 Å². The molecule has 3 aromatic rings. The van der Waals surface area contributed by atoms with Gasteiger partial charge in [-0.2, -0.15) is 4.31 Å². The second kappa shape index (κ2) is 9.71. The number of carbonyl (C=O) groups is 1. The highest BCUT2D eigenvalue weighted by atomic mass is 32.2. The molecule has 1 N–H and O–H groups in total. The minimum absolute atomic E-state index is 0.0490. The fourth-order valence-corrected chi connectivity index (χ4v) is 4.18. The monoisotopic (exact) mass is 450 g/mol. The van der Waals surface area contributed by atoms with Crippen molar-refractivity contribution < 1.29 is 31.1 Å². The van der Waals surface area contributed by atoms with Gasteiger partial charge in [0.1, 0.15) is 23.1 Å². The molecule has 3 rings (SSSR count). The first-order valence-corrected chi connectivity index (χ1v) is 10.7. The second-order valence-corrected chi connectivity index (χ2v) is 8.40. The lowest BCUT2D eigenvalue weighted by Gasteiger charge is -2.21. The van der Waals surface area contributed by atoms with E-state index in [0.29, 0.717) is 24.2 Å². The molecule has 0 atom stereocenters. The predicted octanol–water partition coefficient (Wildman–Crippen LogP) is 3.79. The van der Waals surface area contributed by atoms with Crippen LogP contribution >= 0.6 is 0 Å². The number of carbonyl (C=O) groups excluding carboxylic acids is 1.